The second-order valence-corrected chi connectivity index (χ2v) is 5.16. The zero-order chi connectivity index (χ0) is 13.8. The number of halogens is 2. The number of hydrogen-bond donors (Lipinski definition) is 2. The van der Waals surface area contributed by atoms with Gasteiger partial charge in [-0.3, -0.25) is 4.90 Å². The predicted octanol–water partition coefficient (Wildman–Crippen LogP) is 1.26. The first-order chi connectivity index (χ1) is 9.10. The molecule has 1 aromatic heterocycles. The number of nitrogens with zero attached hydrogens (tertiary/aromatic N) is 4. The van der Waals surface area contributed by atoms with E-state index in [1.807, 2.05) is 0 Å². The second-order valence-electron chi connectivity index (χ2n) is 4.31. The number of pyridine rings is 1. The Hall–Kier alpha value is -1.24. The van der Waals surface area contributed by atoms with Gasteiger partial charge in [0.05, 0.1) is 16.6 Å². The minimum Gasteiger partial charge on any atom is -0.409 e. The van der Waals surface area contributed by atoms with Crippen molar-refractivity contribution in [3.05, 3.63) is 22.3 Å². The van der Waals surface area contributed by atoms with Crippen LogP contribution in [-0.2, 0) is 0 Å². The molecule has 104 valence electrons. The number of anilines is 1. The van der Waals surface area contributed by atoms with E-state index in [4.69, 9.17) is 34.1 Å². The molecule has 0 aliphatic carbocycles. The van der Waals surface area contributed by atoms with Crippen LogP contribution in [0.15, 0.2) is 17.4 Å². The van der Waals surface area contributed by atoms with Crippen LogP contribution in [0.1, 0.15) is 0 Å². The van der Waals surface area contributed by atoms with E-state index in [2.05, 4.69) is 19.9 Å². The van der Waals surface area contributed by atoms with E-state index in [0.717, 1.165) is 32.0 Å². The first-order valence-corrected chi connectivity index (χ1v) is 6.60. The molecule has 0 atom stereocenters. The van der Waals surface area contributed by atoms with Crippen molar-refractivity contribution in [1.82, 2.24) is 9.88 Å². The normalized spacial score (nSPS) is 17.8. The highest BCUT2D eigenvalue weighted by Gasteiger charge is 2.20. The van der Waals surface area contributed by atoms with Crippen molar-refractivity contribution in [2.75, 3.05) is 37.6 Å². The molecule has 0 radical (unpaired) electrons. The van der Waals surface area contributed by atoms with Crippen molar-refractivity contribution in [2.45, 2.75) is 0 Å². The van der Waals surface area contributed by atoms with E-state index < -0.39 is 0 Å². The van der Waals surface area contributed by atoms with Crippen molar-refractivity contribution in [1.29, 1.82) is 0 Å². The summed E-state index contributed by atoms with van der Waals surface area (Å²) in [5, 5.41) is 12.6. The maximum absolute atomic E-state index is 8.54. The Morgan fingerprint density at radius 3 is 2.63 bits per heavy atom. The lowest BCUT2D eigenvalue weighted by molar-refractivity contribution is 0.278. The molecule has 3 N–H and O–H groups in total. The maximum Gasteiger partial charge on any atom is 0.153 e. The van der Waals surface area contributed by atoms with Gasteiger partial charge in [0.15, 0.2) is 5.84 Å². The van der Waals surface area contributed by atoms with E-state index in [-0.39, 0.29) is 5.84 Å². The Balaban J connectivity index is 1.96. The lowest BCUT2D eigenvalue weighted by atomic mass is 10.3. The van der Waals surface area contributed by atoms with Gasteiger partial charge in [0.25, 0.3) is 0 Å². The topological polar surface area (TPSA) is 78.0 Å². The smallest absolute Gasteiger partial charge is 0.153 e. The summed E-state index contributed by atoms with van der Waals surface area (Å²) in [6.07, 6.45) is 1.59. The van der Waals surface area contributed by atoms with E-state index in [9.17, 15) is 0 Å². The molecule has 1 saturated heterocycles. The summed E-state index contributed by atoms with van der Waals surface area (Å²) < 4.78 is 0. The maximum atomic E-state index is 8.54. The second kappa shape index (κ2) is 6.27. The van der Waals surface area contributed by atoms with Crippen molar-refractivity contribution < 1.29 is 5.21 Å². The molecular formula is C11H15Cl2N5O. The van der Waals surface area contributed by atoms with Gasteiger partial charge in [-0.05, 0) is 6.07 Å². The molecule has 0 spiro atoms. The van der Waals surface area contributed by atoms with Gasteiger partial charge in [0.2, 0.25) is 0 Å². The molecule has 6 nitrogen and oxygen atoms in total. The van der Waals surface area contributed by atoms with Crippen LogP contribution in [0.3, 0.4) is 0 Å². The van der Waals surface area contributed by atoms with Crippen LogP contribution in [-0.4, -0.2) is 53.7 Å². The third-order valence-corrected chi connectivity index (χ3v) is 3.46. The first-order valence-electron chi connectivity index (χ1n) is 5.85. The Bertz CT molecular complexity index is 474. The monoisotopic (exact) mass is 303 g/mol. The molecule has 0 bridgehead atoms. The molecule has 2 rings (SSSR count). The Labute approximate surface area is 121 Å². The quantitative estimate of drug-likeness (QED) is 0.380. The summed E-state index contributed by atoms with van der Waals surface area (Å²) in [5.41, 5.74) is 5.49. The van der Waals surface area contributed by atoms with E-state index in [1.54, 1.807) is 12.3 Å². The summed E-state index contributed by atoms with van der Waals surface area (Å²) >= 11 is 12.0. The summed E-state index contributed by atoms with van der Waals surface area (Å²) in [6, 6.07) is 1.69. The highest BCUT2D eigenvalue weighted by Crippen LogP contribution is 2.26. The molecule has 0 aromatic carbocycles. The van der Waals surface area contributed by atoms with E-state index >= 15 is 0 Å². The fraction of sp³-hybridized carbons (Fsp3) is 0.455. The molecule has 2 heterocycles. The summed E-state index contributed by atoms with van der Waals surface area (Å²) in [4.78, 5) is 8.46. The Morgan fingerprint density at radius 1 is 1.37 bits per heavy atom. The fourth-order valence-corrected chi connectivity index (χ4v) is 2.52. The van der Waals surface area contributed by atoms with Crippen molar-refractivity contribution >= 4 is 34.9 Å². The minimum absolute atomic E-state index is 0.219. The van der Waals surface area contributed by atoms with Gasteiger partial charge < -0.3 is 15.8 Å². The van der Waals surface area contributed by atoms with Gasteiger partial charge in [-0.2, -0.15) is 0 Å². The molecular weight excluding hydrogens is 289 g/mol. The van der Waals surface area contributed by atoms with Gasteiger partial charge in [0.1, 0.15) is 5.82 Å². The SMILES string of the molecule is NC(CN1CCN(c2ncc(Cl)cc2Cl)CC1)=NO. The third-order valence-electron chi connectivity index (χ3n) is 2.97. The lowest BCUT2D eigenvalue weighted by Crippen LogP contribution is -2.49. The number of amidine groups is 1. The predicted molar refractivity (Wildman–Crippen MR) is 76.3 cm³/mol. The number of piperazine rings is 1. The largest absolute Gasteiger partial charge is 0.409 e. The number of rotatable bonds is 3. The molecule has 1 fully saturated rings. The average Bonchev–Trinajstić information content (AvgIpc) is 2.40. The Morgan fingerprint density at radius 2 is 2.05 bits per heavy atom. The van der Waals surface area contributed by atoms with Gasteiger partial charge in [-0.15, -0.1) is 0 Å². The molecule has 0 unspecified atom stereocenters. The van der Waals surface area contributed by atoms with Gasteiger partial charge in [-0.1, -0.05) is 28.4 Å². The molecule has 19 heavy (non-hydrogen) atoms. The zero-order valence-corrected chi connectivity index (χ0v) is 11.8. The minimum atomic E-state index is 0.219. The highest BCUT2D eigenvalue weighted by molar-refractivity contribution is 6.36. The van der Waals surface area contributed by atoms with Crippen LogP contribution in [0, 0.1) is 0 Å². The van der Waals surface area contributed by atoms with Crippen molar-refractivity contribution in [3.63, 3.8) is 0 Å². The van der Waals surface area contributed by atoms with Crippen LogP contribution >= 0.6 is 23.2 Å². The van der Waals surface area contributed by atoms with Gasteiger partial charge in [-0.25, -0.2) is 4.98 Å². The number of aromatic nitrogens is 1. The van der Waals surface area contributed by atoms with Crippen LogP contribution in [0.5, 0.6) is 0 Å². The fourth-order valence-electron chi connectivity index (χ4n) is 2.02. The zero-order valence-electron chi connectivity index (χ0n) is 10.3. The summed E-state index contributed by atoms with van der Waals surface area (Å²) in [5.74, 6) is 0.964. The average molecular weight is 304 g/mol. The number of hydrogen-bond acceptors (Lipinski definition) is 5. The molecule has 1 aliphatic heterocycles. The molecule has 8 heteroatoms. The molecule has 1 aliphatic rings. The van der Waals surface area contributed by atoms with Crippen molar-refractivity contribution in [2.24, 2.45) is 10.9 Å². The van der Waals surface area contributed by atoms with E-state index in [0.29, 0.717) is 16.6 Å². The molecule has 0 amide bonds. The third kappa shape index (κ3) is 3.62. The summed E-state index contributed by atoms with van der Waals surface area (Å²) in [6.45, 7) is 3.64. The van der Waals surface area contributed by atoms with Crippen LogP contribution in [0.25, 0.3) is 0 Å². The number of oxime groups is 1. The van der Waals surface area contributed by atoms with Gasteiger partial charge >= 0.3 is 0 Å². The van der Waals surface area contributed by atoms with Crippen LogP contribution in [0.2, 0.25) is 10.0 Å². The first kappa shape index (κ1) is 14.2. The summed E-state index contributed by atoms with van der Waals surface area (Å²) in [7, 11) is 0. The van der Waals surface area contributed by atoms with Crippen LogP contribution < -0.4 is 10.6 Å². The van der Waals surface area contributed by atoms with Crippen LogP contribution in [0.4, 0.5) is 5.82 Å². The van der Waals surface area contributed by atoms with Crippen molar-refractivity contribution in [3.8, 4) is 0 Å². The number of nitrogens with two attached hydrogens (primary N) is 1. The van der Waals surface area contributed by atoms with E-state index in [1.165, 1.54) is 0 Å². The van der Waals surface area contributed by atoms with Gasteiger partial charge in [0, 0.05) is 32.4 Å². The molecule has 1 aromatic rings. The standard InChI is InChI=1S/C11H15Cl2N5O/c12-8-5-9(13)11(15-6-8)18-3-1-17(2-4-18)7-10(14)16-19/h5-6,19H,1-4,7H2,(H2,14,16). The molecule has 0 saturated carbocycles. The lowest BCUT2D eigenvalue weighted by Gasteiger charge is -2.35. The Kier molecular flexibility index (Phi) is 4.68. The highest BCUT2D eigenvalue weighted by atomic mass is 35.5.